The maximum absolute atomic E-state index is 12.1. The fourth-order valence-corrected chi connectivity index (χ4v) is 2.88. The van der Waals surface area contributed by atoms with Crippen LogP contribution in [0.1, 0.15) is 21.1 Å². The summed E-state index contributed by atoms with van der Waals surface area (Å²) in [5.74, 6) is 0.0164. The van der Waals surface area contributed by atoms with Crippen LogP contribution in [0, 0.1) is 6.92 Å². The Kier molecular flexibility index (Phi) is 3.09. The van der Waals surface area contributed by atoms with Crippen molar-refractivity contribution in [3.8, 4) is 0 Å². The number of pyridine rings is 1. The van der Waals surface area contributed by atoms with E-state index in [0.717, 1.165) is 20.8 Å². The maximum Gasteiger partial charge on any atom is 0.187 e. The summed E-state index contributed by atoms with van der Waals surface area (Å²) in [4.78, 5) is 20.7. The topological polar surface area (TPSA) is 42.9 Å². The molecule has 0 saturated carbocycles. The monoisotopic (exact) mass is 268 g/mol. The molecule has 1 aromatic carbocycles. The number of hydrogen-bond acceptors (Lipinski definition) is 4. The number of aromatic nitrogens is 2. The minimum Gasteiger partial charge on any atom is -0.292 e. The molecule has 0 aliphatic rings. The van der Waals surface area contributed by atoms with Gasteiger partial charge in [-0.05, 0) is 36.8 Å². The molecule has 0 bridgehead atoms. The lowest BCUT2D eigenvalue weighted by atomic mass is 10.1. The van der Waals surface area contributed by atoms with Gasteiger partial charge >= 0.3 is 0 Å². The summed E-state index contributed by atoms with van der Waals surface area (Å²) in [7, 11) is 0. The fraction of sp³-hybridized carbons (Fsp3) is 0.133. The number of hydrogen-bond donors (Lipinski definition) is 0. The summed E-state index contributed by atoms with van der Waals surface area (Å²) >= 11 is 1.56. The minimum absolute atomic E-state index is 0.0164. The molecule has 94 valence electrons. The molecule has 2 aromatic heterocycles. The van der Waals surface area contributed by atoms with Gasteiger partial charge in [0.05, 0.1) is 16.6 Å². The minimum atomic E-state index is 0.0164. The number of carbonyl (C=O) groups excluding carboxylic acids is 1. The third-order valence-electron chi connectivity index (χ3n) is 2.85. The van der Waals surface area contributed by atoms with E-state index in [-0.39, 0.29) is 5.78 Å². The predicted molar refractivity (Wildman–Crippen MR) is 76.6 cm³/mol. The molecule has 2 heterocycles. The van der Waals surface area contributed by atoms with Gasteiger partial charge in [0, 0.05) is 6.20 Å². The molecule has 0 atom stereocenters. The predicted octanol–water partition coefficient (Wildman–Crippen LogP) is 3.43. The Hall–Kier alpha value is -2.07. The van der Waals surface area contributed by atoms with Gasteiger partial charge in [0.2, 0.25) is 0 Å². The van der Waals surface area contributed by atoms with Crippen LogP contribution in [-0.4, -0.2) is 15.8 Å². The summed E-state index contributed by atoms with van der Waals surface area (Å²) < 4.78 is 1.11. The first-order valence-corrected chi connectivity index (χ1v) is 6.84. The van der Waals surface area contributed by atoms with Crippen LogP contribution in [-0.2, 0) is 6.42 Å². The van der Waals surface area contributed by atoms with Gasteiger partial charge in [-0.25, -0.2) is 4.98 Å². The van der Waals surface area contributed by atoms with Gasteiger partial charge in [-0.15, -0.1) is 11.3 Å². The molecular weight excluding hydrogens is 256 g/mol. The van der Waals surface area contributed by atoms with Crippen molar-refractivity contribution in [2.24, 2.45) is 0 Å². The van der Waals surface area contributed by atoms with Crippen molar-refractivity contribution >= 4 is 27.3 Å². The van der Waals surface area contributed by atoms with Crippen molar-refractivity contribution in [3.05, 3.63) is 58.9 Å². The van der Waals surface area contributed by atoms with Gasteiger partial charge in [-0.2, -0.15) is 0 Å². The molecule has 0 aliphatic heterocycles. The van der Waals surface area contributed by atoms with Crippen molar-refractivity contribution in [3.63, 3.8) is 0 Å². The van der Waals surface area contributed by atoms with E-state index in [1.54, 1.807) is 17.5 Å². The summed E-state index contributed by atoms with van der Waals surface area (Å²) in [5.41, 5.74) is 2.51. The third kappa shape index (κ3) is 2.53. The number of fused-ring (bicyclic) bond motifs is 1. The second kappa shape index (κ2) is 4.90. The van der Waals surface area contributed by atoms with Crippen LogP contribution >= 0.6 is 11.3 Å². The standard InChI is InChI=1S/C15H12N2OS/c1-10-6-7-16-12(8-10)13(18)9-15-17-11-4-2-3-5-14(11)19-15/h2-8H,9H2,1H3. The number of aryl methyl sites for hydroxylation is 1. The summed E-state index contributed by atoms with van der Waals surface area (Å²) in [6, 6.07) is 11.6. The van der Waals surface area contributed by atoms with Crippen molar-refractivity contribution < 1.29 is 4.79 Å². The zero-order valence-electron chi connectivity index (χ0n) is 10.5. The van der Waals surface area contributed by atoms with E-state index in [2.05, 4.69) is 9.97 Å². The first-order chi connectivity index (χ1) is 9.22. The fourth-order valence-electron chi connectivity index (χ4n) is 1.91. The zero-order chi connectivity index (χ0) is 13.2. The number of nitrogens with zero attached hydrogens (tertiary/aromatic N) is 2. The number of benzene rings is 1. The summed E-state index contributed by atoms with van der Waals surface area (Å²) in [5, 5.41) is 0.842. The van der Waals surface area contributed by atoms with Gasteiger partial charge in [0.1, 0.15) is 10.7 Å². The lowest BCUT2D eigenvalue weighted by Gasteiger charge is -1.98. The second-order valence-electron chi connectivity index (χ2n) is 4.39. The molecule has 0 unspecified atom stereocenters. The van der Waals surface area contributed by atoms with Crippen molar-refractivity contribution in [2.75, 3.05) is 0 Å². The van der Waals surface area contributed by atoms with E-state index >= 15 is 0 Å². The third-order valence-corrected chi connectivity index (χ3v) is 3.89. The van der Waals surface area contributed by atoms with Crippen LogP contribution in [0.15, 0.2) is 42.6 Å². The first-order valence-electron chi connectivity index (χ1n) is 6.03. The lowest BCUT2D eigenvalue weighted by molar-refractivity contribution is 0.0988. The lowest BCUT2D eigenvalue weighted by Crippen LogP contribution is -2.05. The normalized spacial score (nSPS) is 10.8. The number of carbonyl (C=O) groups is 1. The Labute approximate surface area is 115 Å². The Morgan fingerprint density at radius 3 is 2.89 bits per heavy atom. The van der Waals surface area contributed by atoms with Gasteiger partial charge in [-0.1, -0.05) is 12.1 Å². The van der Waals surface area contributed by atoms with Gasteiger partial charge in [-0.3, -0.25) is 9.78 Å². The van der Waals surface area contributed by atoms with Crippen LogP contribution in [0.2, 0.25) is 0 Å². The molecule has 4 heteroatoms. The highest BCUT2D eigenvalue weighted by Crippen LogP contribution is 2.22. The van der Waals surface area contributed by atoms with Crippen LogP contribution in [0.25, 0.3) is 10.2 Å². The van der Waals surface area contributed by atoms with Crippen molar-refractivity contribution in [2.45, 2.75) is 13.3 Å². The van der Waals surface area contributed by atoms with E-state index in [1.807, 2.05) is 43.3 Å². The van der Waals surface area contributed by atoms with Crippen LogP contribution in [0.5, 0.6) is 0 Å². The quantitative estimate of drug-likeness (QED) is 0.683. The smallest absolute Gasteiger partial charge is 0.187 e. The molecule has 19 heavy (non-hydrogen) atoms. The molecular formula is C15H12N2OS. The Morgan fingerprint density at radius 1 is 1.26 bits per heavy atom. The largest absolute Gasteiger partial charge is 0.292 e. The van der Waals surface area contributed by atoms with Gasteiger partial charge in [0.15, 0.2) is 5.78 Å². The highest BCUT2D eigenvalue weighted by atomic mass is 32.1. The van der Waals surface area contributed by atoms with E-state index < -0.39 is 0 Å². The molecule has 3 aromatic rings. The second-order valence-corrected chi connectivity index (χ2v) is 5.51. The summed E-state index contributed by atoms with van der Waals surface area (Å²) in [6.45, 7) is 1.95. The molecule has 0 radical (unpaired) electrons. The number of Topliss-reactive ketones (excluding diaryl/α,β-unsaturated/α-hetero) is 1. The molecule has 3 rings (SSSR count). The van der Waals surface area contributed by atoms with Crippen molar-refractivity contribution in [1.29, 1.82) is 0 Å². The average Bonchev–Trinajstić information content (AvgIpc) is 2.80. The number of rotatable bonds is 3. The van der Waals surface area contributed by atoms with E-state index in [0.29, 0.717) is 12.1 Å². The Morgan fingerprint density at radius 2 is 2.11 bits per heavy atom. The molecule has 0 fully saturated rings. The van der Waals surface area contributed by atoms with E-state index in [9.17, 15) is 4.79 Å². The Bertz CT molecular complexity index is 715. The van der Waals surface area contributed by atoms with Crippen LogP contribution in [0.4, 0.5) is 0 Å². The van der Waals surface area contributed by atoms with E-state index in [4.69, 9.17) is 0 Å². The molecule has 0 spiro atoms. The number of ketones is 1. The molecule has 0 amide bonds. The highest BCUT2D eigenvalue weighted by Gasteiger charge is 2.12. The first kappa shape index (κ1) is 12.0. The average molecular weight is 268 g/mol. The highest BCUT2D eigenvalue weighted by molar-refractivity contribution is 7.18. The maximum atomic E-state index is 12.1. The van der Waals surface area contributed by atoms with Gasteiger partial charge < -0.3 is 0 Å². The number of thiazole rings is 1. The Balaban J connectivity index is 1.86. The molecule has 3 nitrogen and oxygen atoms in total. The van der Waals surface area contributed by atoms with Crippen LogP contribution < -0.4 is 0 Å². The number of para-hydroxylation sites is 1. The van der Waals surface area contributed by atoms with Gasteiger partial charge in [0.25, 0.3) is 0 Å². The summed E-state index contributed by atoms with van der Waals surface area (Å²) in [6.07, 6.45) is 1.98. The van der Waals surface area contributed by atoms with E-state index in [1.165, 1.54) is 0 Å². The molecule has 0 aliphatic carbocycles. The van der Waals surface area contributed by atoms with Crippen molar-refractivity contribution in [1.82, 2.24) is 9.97 Å². The molecule has 0 N–H and O–H groups in total. The zero-order valence-corrected chi connectivity index (χ0v) is 11.3. The van der Waals surface area contributed by atoms with Crippen LogP contribution in [0.3, 0.4) is 0 Å². The molecule has 0 saturated heterocycles. The SMILES string of the molecule is Cc1ccnc(C(=O)Cc2nc3ccccc3s2)c1.